The first-order chi connectivity index (χ1) is 19.4. The van der Waals surface area contributed by atoms with Crippen LogP contribution in [0.1, 0.15) is 59.1 Å². The molecule has 0 aliphatic carbocycles. The summed E-state index contributed by atoms with van der Waals surface area (Å²) < 4.78 is 13.3. The second-order valence-corrected chi connectivity index (χ2v) is 10.7. The van der Waals surface area contributed by atoms with Crippen LogP contribution >= 0.6 is 0 Å². The molecule has 6 rings (SSSR count). The number of amides is 3. The first-order valence-electron chi connectivity index (χ1n) is 13.7. The number of carbonyl (C=O) groups is 3. The zero-order valence-corrected chi connectivity index (χ0v) is 22.4. The molecule has 3 aromatic carbocycles. The average molecular weight is 539 g/mol. The van der Waals surface area contributed by atoms with Crippen LogP contribution in [0.25, 0.3) is 10.9 Å². The first kappa shape index (κ1) is 25.8. The van der Waals surface area contributed by atoms with Crippen LogP contribution in [0.5, 0.6) is 0 Å². The number of aromatic amines is 1. The number of para-hydroxylation sites is 1. The minimum absolute atomic E-state index is 0.147. The standard InChI is InChI=1S/C32H31FN4O3/c1-3-18(2)27(31(39)34-17-19-12-14-20(33)15-13-19)36-30(38)26-16-24-21-8-6-7-11-25(21)35-28(24)29-22-9-4-5-10-23(22)32(40)37(26)29/h4-15,18,26-27,29,35H,3,16-17H2,1-2H3,(H,34,39)(H,36,38)/t18?,26-,27-,29?/m0/s1. The molecule has 3 heterocycles. The summed E-state index contributed by atoms with van der Waals surface area (Å²) in [6.07, 6.45) is 1.01. The summed E-state index contributed by atoms with van der Waals surface area (Å²) >= 11 is 0. The Morgan fingerprint density at radius 3 is 2.55 bits per heavy atom. The van der Waals surface area contributed by atoms with Crippen molar-refractivity contribution in [2.24, 2.45) is 5.92 Å². The third kappa shape index (κ3) is 4.33. The van der Waals surface area contributed by atoms with Gasteiger partial charge in [-0.05, 0) is 46.9 Å². The topological polar surface area (TPSA) is 94.3 Å². The lowest BCUT2D eigenvalue weighted by atomic mass is 9.89. The van der Waals surface area contributed by atoms with Crippen LogP contribution < -0.4 is 10.6 Å². The number of rotatable bonds is 7. The van der Waals surface area contributed by atoms with E-state index in [-0.39, 0.29) is 36.0 Å². The Morgan fingerprint density at radius 2 is 1.77 bits per heavy atom. The fourth-order valence-electron chi connectivity index (χ4n) is 5.99. The van der Waals surface area contributed by atoms with Gasteiger partial charge in [0.15, 0.2) is 0 Å². The van der Waals surface area contributed by atoms with Crippen LogP contribution in [0.3, 0.4) is 0 Å². The Labute approximate surface area is 231 Å². The number of H-pyrrole nitrogens is 1. The maximum Gasteiger partial charge on any atom is 0.255 e. The van der Waals surface area contributed by atoms with Crippen LogP contribution in [0.15, 0.2) is 72.8 Å². The summed E-state index contributed by atoms with van der Waals surface area (Å²) in [7, 11) is 0. The highest BCUT2D eigenvalue weighted by molar-refractivity contribution is 6.04. The van der Waals surface area contributed by atoms with E-state index in [1.54, 1.807) is 23.1 Å². The molecule has 0 bridgehead atoms. The van der Waals surface area contributed by atoms with E-state index in [1.807, 2.05) is 56.3 Å². The highest BCUT2D eigenvalue weighted by Gasteiger charge is 2.49. The Balaban J connectivity index is 1.31. The van der Waals surface area contributed by atoms with Crippen molar-refractivity contribution < 1.29 is 18.8 Å². The third-order valence-corrected chi connectivity index (χ3v) is 8.33. The largest absolute Gasteiger partial charge is 0.356 e. The van der Waals surface area contributed by atoms with Crippen molar-refractivity contribution in [3.63, 3.8) is 0 Å². The molecule has 3 N–H and O–H groups in total. The average Bonchev–Trinajstić information content (AvgIpc) is 3.50. The Kier molecular flexibility index (Phi) is 6.62. The van der Waals surface area contributed by atoms with Gasteiger partial charge in [0.25, 0.3) is 5.91 Å². The second-order valence-electron chi connectivity index (χ2n) is 10.7. The zero-order chi connectivity index (χ0) is 28.0. The third-order valence-electron chi connectivity index (χ3n) is 8.33. The Bertz CT molecular complexity index is 1610. The predicted octanol–water partition coefficient (Wildman–Crippen LogP) is 4.62. The monoisotopic (exact) mass is 538 g/mol. The molecule has 204 valence electrons. The van der Waals surface area contributed by atoms with Gasteiger partial charge in [-0.25, -0.2) is 4.39 Å². The van der Waals surface area contributed by atoms with Gasteiger partial charge in [-0.15, -0.1) is 0 Å². The van der Waals surface area contributed by atoms with Gasteiger partial charge < -0.3 is 20.5 Å². The minimum Gasteiger partial charge on any atom is -0.356 e. The van der Waals surface area contributed by atoms with Gasteiger partial charge in [-0.2, -0.15) is 0 Å². The summed E-state index contributed by atoms with van der Waals surface area (Å²) in [5, 5.41) is 6.91. The second kappa shape index (κ2) is 10.3. The summed E-state index contributed by atoms with van der Waals surface area (Å²) in [4.78, 5) is 46.2. The highest BCUT2D eigenvalue weighted by atomic mass is 19.1. The molecular formula is C32H31FN4O3. The van der Waals surface area contributed by atoms with E-state index in [4.69, 9.17) is 0 Å². The SMILES string of the molecule is CCC(C)[C@H](NC(=O)[C@@H]1Cc2c([nH]c3ccccc23)C2c3ccccc3C(=O)N21)C(=O)NCc1ccc(F)cc1. The smallest absolute Gasteiger partial charge is 0.255 e. The van der Waals surface area contributed by atoms with Crippen LogP contribution in [0.4, 0.5) is 4.39 Å². The first-order valence-corrected chi connectivity index (χ1v) is 13.7. The van der Waals surface area contributed by atoms with Gasteiger partial charge in [0.05, 0.1) is 6.04 Å². The number of fused-ring (bicyclic) bond motifs is 7. The van der Waals surface area contributed by atoms with Crippen molar-refractivity contribution in [1.29, 1.82) is 0 Å². The Hall–Kier alpha value is -4.46. The summed E-state index contributed by atoms with van der Waals surface area (Å²) in [5.74, 6) is -1.35. The fourth-order valence-corrected chi connectivity index (χ4v) is 5.99. The number of nitrogens with zero attached hydrogens (tertiary/aromatic N) is 1. The Morgan fingerprint density at radius 1 is 1.05 bits per heavy atom. The van der Waals surface area contributed by atoms with Gasteiger partial charge in [0, 0.05) is 35.1 Å². The predicted molar refractivity (Wildman–Crippen MR) is 150 cm³/mol. The van der Waals surface area contributed by atoms with Crippen LogP contribution in [0, 0.1) is 11.7 Å². The van der Waals surface area contributed by atoms with Gasteiger partial charge in [-0.1, -0.05) is 68.8 Å². The van der Waals surface area contributed by atoms with Gasteiger partial charge >= 0.3 is 0 Å². The molecule has 0 spiro atoms. The molecule has 3 amide bonds. The van der Waals surface area contributed by atoms with Crippen molar-refractivity contribution >= 4 is 28.6 Å². The molecule has 2 aliphatic rings. The maximum atomic E-state index is 14.0. The highest BCUT2D eigenvalue weighted by Crippen LogP contribution is 2.46. The van der Waals surface area contributed by atoms with Crippen molar-refractivity contribution in [3.05, 3.63) is 107 Å². The molecule has 0 fully saturated rings. The molecule has 8 heteroatoms. The van der Waals surface area contributed by atoms with E-state index >= 15 is 0 Å². The van der Waals surface area contributed by atoms with Crippen LogP contribution in [-0.2, 0) is 22.6 Å². The molecule has 7 nitrogen and oxygen atoms in total. The summed E-state index contributed by atoms with van der Waals surface area (Å²) in [6.45, 7) is 4.10. The van der Waals surface area contributed by atoms with Gasteiger partial charge in [-0.3, -0.25) is 14.4 Å². The summed E-state index contributed by atoms with van der Waals surface area (Å²) in [6, 6.07) is 19.4. The zero-order valence-electron chi connectivity index (χ0n) is 22.4. The molecule has 0 radical (unpaired) electrons. The molecule has 0 saturated carbocycles. The fraction of sp³-hybridized carbons (Fsp3) is 0.281. The molecule has 2 unspecified atom stereocenters. The summed E-state index contributed by atoms with van der Waals surface area (Å²) in [5.41, 5.74) is 5.12. The minimum atomic E-state index is -0.791. The van der Waals surface area contributed by atoms with Gasteiger partial charge in [0.2, 0.25) is 11.8 Å². The number of carbonyl (C=O) groups excluding carboxylic acids is 3. The number of halogens is 1. The number of hydrogen-bond acceptors (Lipinski definition) is 3. The molecule has 4 atom stereocenters. The number of benzene rings is 3. The van der Waals surface area contributed by atoms with E-state index in [2.05, 4.69) is 15.6 Å². The van der Waals surface area contributed by atoms with Crippen molar-refractivity contribution in [2.45, 2.75) is 51.4 Å². The van der Waals surface area contributed by atoms with Crippen molar-refractivity contribution in [3.8, 4) is 0 Å². The molecular weight excluding hydrogens is 507 g/mol. The lowest BCUT2D eigenvalue weighted by Crippen LogP contribution is -2.58. The van der Waals surface area contributed by atoms with Crippen molar-refractivity contribution in [2.75, 3.05) is 0 Å². The van der Waals surface area contributed by atoms with E-state index in [0.717, 1.165) is 33.3 Å². The molecule has 0 saturated heterocycles. The number of nitrogens with one attached hydrogen (secondary N) is 3. The number of aromatic nitrogens is 1. The van der Waals surface area contributed by atoms with Crippen LogP contribution in [-0.4, -0.2) is 39.7 Å². The van der Waals surface area contributed by atoms with E-state index in [1.165, 1.54) is 12.1 Å². The van der Waals surface area contributed by atoms with Crippen molar-refractivity contribution in [1.82, 2.24) is 20.5 Å². The molecule has 2 aliphatic heterocycles. The molecule has 1 aromatic heterocycles. The molecule has 4 aromatic rings. The maximum absolute atomic E-state index is 14.0. The van der Waals surface area contributed by atoms with E-state index in [0.29, 0.717) is 18.4 Å². The lowest BCUT2D eigenvalue weighted by molar-refractivity contribution is -0.133. The number of hydrogen-bond donors (Lipinski definition) is 3. The normalized spacial score (nSPS) is 19.0. The van der Waals surface area contributed by atoms with E-state index in [9.17, 15) is 18.8 Å². The lowest BCUT2D eigenvalue weighted by Gasteiger charge is -2.38. The molecule has 40 heavy (non-hydrogen) atoms. The van der Waals surface area contributed by atoms with Crippen LogP contribution in [0.2, 0.25) is 0 Å². The quantitative estimate of drug-likeness (QED) is 0.320. The van der Waals surface area contributed by atoms with Gasteiger partial charge in [0.1, 0.15) is 17.9 Å². The van der Waals surface area contributed by atoms with E-state index < -0.39 is 18.1 Å².